The quantitative estimate of drug-likeness (QED) is 0.687. The van der Waals surface area contributed by atoms with E-state index >= 15 is 0 Å². The lowest BCUT2D eigenvalue weighted by atomic mass is 10.1. The summed E-state index contributed by atoms with van der Waals surface area (Å²) in [6.07, 6.45) is 1.95. The maximum absolute atomic E-state index is 12.4. The minimum Gasteiger partial charge on any atom is -0.354 e. The van der Waals surface area contributed by atoms with Crippen LogP contribution in [0, 0.1) is 0 Å². The molecule has 0 saturated carbocycles. The van der Waals surface area contributed by atoms with E-state index in [4.69, 9.17) is 0 Å². The molecule has 3 rings (SSSR count). The molecule has 0 atom stereocenters. The minimum atomic E-state index is -0.324. The van der Waals surface area contributed by atoms with Crippen molar-refractivity contribution in [2.24, 2.45) is 0 Å². The van der Waals surface area contributed by atoms with Crippen molar-refractivity contribution in [3.8, 4) is 0 Å². The highest BCUT2D eigenvalue weighted by molar-refractivity contribution is 9.10. The van der Waals surface area contributed by atoms with Crippen LogP contribution < -0.4 is 5.32 Å². The van der Waals surface area contributed by atoms with Crippen LogP contribution >= 0.6 is 27.7 Å². The van der Waals surface area contributed by atoms with Crippen LogP contribution in [0.4, 0.5) is 4.79 Å². The molecule has 0 radical (unpaired) electrons. The topological polar surface area (TPSA) is 66.5 Å². The summed E-state index contributed by atoms with van der Waals surface area (Å²) in [5, 5.41) is 2.44. The second-order valence-electron chi connectivity index (χ2n) is 5.90. The molecule has 7 heteroatoms. The molecule has 27 heavy (non-hydrogen) atoms. The van der Waals surface area contributed by atoms with Crippen LogP contribution in [0.15, 0.2) is 64.0 Å². The molecule has 0 bridgehead atoms. The van der Waals surface area contributed by atoms with Crippen LogP contribution in [0.1, 0.15) is 11.1 Å². The average Bonchev–Trinajstić information content (AvgIpc) is 2.90. The van der Waals surface area contributed by atoms with Crippen molar-refractivity contribution in [2.75, 3.05) is 13.1 Å². The third-order valence-corrected chi connectivity index (χ3v) is 5.28. The lowest BCUT2D eigenvalue weighted by molar-refractivity contribution is -0.124. The highest BCUT2D eigenvalue weighted by atomic mass is 79.9. The Morgan fingerprint density at radius 3 is 2.63 bits per heavy atom. The monoisotopic (exact) mass is 444 g/mol. The third-order valence-electron chi connectivity index (χ3n) is 3.88. The second-order valence-corrected chi connectivity index (χ2v) is 7.81. The SMILES string of the molecule is O=C(Cc1cccc(Br)c1)NCCN1C(=O)S/C(=C/c2ccccc2)C1=O. The standard InChI is InChI=1S/C20H17BrN2O3S/c21-16-8-4-7-15(11-16)13-18(24)22-9-10-23-19(25)17(27-20(23)26)12-14-5-2-1-3-6-14/h1-8,11-12H,9-10,13H2,(H,22,24)/b17-12+. The van der Waals surface area contributed by atoms with E-state index < -0.39 is 0 Å². The van der Waals surface area contributed by atoms with Crippen molar-refractivity contribution in [1.82, 2.24) is 10.2 Å². The van der Waals surface area contributed by atoms with Gasteiger partial charge in [-0.15, -0.1) is 0 Å². The zero-order chi connectivity index (χ0) is 19.2. The van der Waals surface area contributed by atoms with Crippen LogP contribution in [0.3, 0.4) is 0 Å². The molecule has 1 N–H and O–H groups in total. The maximum Gasteiger partial charge on any atom is 0.293 e. The first-order valence-electron chi connectivity index (χ1n) is 8.34. The van der Waals surface area contributed by atoms with Gasteiger partial charge in [0.05, 0.1) is 11.3 Å². The molecule has 2 aromatic rings. The van der Waals surface area contributed by atoms with E-state index in [1.54, 1.807) is 6.08 Å². The summed E-state index contributed by atoms with van der Waals surface area (Å²) < 4.78 is 0.913. The van der Waals surface area contributed by atoms with Crippen molar-refractivity contribution in [3.63, 3.8) is 0 Å². The molecular weight excluding hydrogens is 428 g/mol. The van der Waals surface area contributed by atoms with Crippen LogP contribution in [0.2, 0.25) is 0 Å². The number of imide groups is 1. The molecule has 0 aromatic heterocycles. The Bertz CT molecular complexity index is 899. The van der Waals surface area contributed by atoms with E-state index in [1.165, 1.54) is 4.90 Å². The number of carbonyl (C=O) groups is 3. The van der Waals surface area contributed by atoms with Crippen LogP contribution in [-0.2, 0) is 16.0 Å². The normalized spacial score (nSPS) is 15.4. The van der Waals surface area contributed by atoms with Gasteiger partial charge in [-0.25, -0.2) is 0 Å². The van der Waals surface area contributed by atoms with Gasteiger partial charge in [-0.05, 0) is 41.1 Å². The summed E-state index contributed by atoms with van der Waals surface area (Å²) >= 11 is 4.29. The van der Waals surface area contributed by atoms with Gasteiger partial charge in [0.2, 0.25) is 5.91 Å². The van der Waals surface area contributed by atoms with Gasteiger partial charge in [-0.3, -0.25) is 19.3 Å². The van der Waals surface area contributed by atoms with Gasteiger partial charge in [0.1, 0.15) is 0 Å². The van der Waals surface area contributed by atoms with Crippen LogP contribution in [0.25, 0.3) is 6.08 Å². The Morgan fingerprint density at radius 2 is 1.89 bits per heavy atom. The fourth-order valence-corrected chi connectivity index (χ4v) is 3.91. The Balaban J connectivity index is 1.52. The zero-order valence-corrected chi connectivity index (χ0v) is 16.8. The summed E-state index contributed by atoms with van der Waals surface area (Å²) in [6, 6.07) is 16.9. The molecule has 0 unspecified atom stereocenters. The van der Waals surface area contributed by atoms with Gasteiger partial charge >= 0.3 is 0 Å². The summed E-state index contributed by atoms with van der Waals surface area (Å²) in [6.45, 7) is 0.379. The van der Waals surface area contributed by atoms with Crippen molar-refractivity contribution in [3.05, 3.63) is 75.1 Å². The van der Waals surface area contributed by atoms with Crippen molar-refractivity contribution >= 4 is 50.8 Å². The largest absolute Gasteiger partial charge is 0.354 e. The summed E-state index contributed by atoms with van der Waals surface area (Å²) in [5.74, 6) is -0.477. The van der Waals surface area contributed by atoms with E-state index in [0.717, 1.165) is 27.4 Å². The molecule has 0 spiro atoms. The lowest BCUT2D eigenvalue weighted by Gasteiger charge is -2.13. The molecule has 1 aliphatic rings. The van der Waals surface area contributed by atoms with E-state index in [0.29, 0.717) is 4.91 Å². The second kappa shape index (κ2) is 9.01. The number of benzene rings is 2. The van der Waals surface area contributed by atoms with Gasteiger partial charge in [0.25, 0.3) is 11.1 Å². The lowest BCUT2D eigenvalue weighted by Crippen LogP contribution is -2.37. The molecule has 2 aromatic carbocycles. The highest BCUT2D eigenvalue weighted by Crippen LogP contribution is 2.31. The number of rotatable bonds is 6. The molecule has 3 amide bonds. The van der Waals surface area contributed by atoms with Gasteiger partial charge in [0.15, 0.2) is 0 Å². The van der Waals surface area contributed by atoms with Gasteiger partial charge in [0, 0.05) is 17.6 Å². The Kier molecular flexibility index (Phi) is 6.47. The average molecular weight is 445 g/mol. The van der Waals surface area contributed by atoms with Gasteiger partial charge in [-0.1, -0.05) is 58.4 Å². The van der Waals surface area contributed by atoms with Gasteiger partial charge in [-0.2, -0.15) is 0 Å². The zero-order valence-electron chi connectivity index (χ0n) is 14.4. The Hall–Kier alpha value is -2.38. The first kappa shape index (κ1) is 19.4. The molecule has 5 nitrogen and oxygen atoms in total. The first-order valence-corrected chi connectivity index (χ1v) is 9.95. The fraction of sp³-hybridized carbons (Fsp3) is 0.150. The maximum atomic E-state index is 12.4. The predicted molar refractivity (Wildman–Crippen MR) is 110 cm³/mol. The first-order chi connectivity index (χ1) is 13.0. The van der Waals surface area contributed by atoms with Crippen LogP contribution in [0.5, 0.6) is 0 Å². The Morgan fingerprint density at radius 1 is 1.11 bits per heavy atom. The Labute approximate surface area is 169 Å². The molecule has 1 aliphatic heterocycles. The number of amides is 3. The fourth-order valence-electron chi connectivity index (χ4n) is 2.60. The molecule has 138 valence electrons. The molecule has 1 saturated heterocycles. The number of nitrogens with one attached hydrogen (secondary N) is 1. The number of halogens is 1. The van der Waals surface area contributed by atoms with Gasteiger partial charge < -0.3 is 5.32 Å². The number of carbonyl (C=O) groups excluding carboxylic acids is 3. The minimum absolute atomic E-state index is 0.153. The third kappa shape index (κ3) is 5.30. The summed E-state index contributed by atoms with van der Waals surface area (Å²) in [4.78, 5) is 38.1. The number of thioether (sulfide) groups is 1. The van der Waals surface area contributed by atoms with Crippen molar-refractivity contribution in [2.45, 2.75) is 6.42 Å². The van der Waals surface area contributed by atoms with E-state index in [9.17, 15) is 14.4 Å². The smallest absolute Gasteiger partial charge is 0.293 e. The molecule has 0 aliphatic carbocycles. The summed E-state index contributed by atoms with van der Waals surface area (Å²) in [7, 11) is 0. The molecular formula is C20H17BrN2O3S. The molecule has 1 heterocycles. The van der Waals surface area contributed by atoms with Crippen molar-refractivity contribution < 1.29 is 14.4 Å². The molecule has 1 fully saturated rings. The van der Waals surface area contributed by atoms with E-state index in [1.807, 2.05) is 54.6 Å². The number of nitrogens with zero attached hydrogens (tertiary/aromatic N) is 1. The van der Waals surface area contributed by atoms with Crippen LogP contribution in [-0.4, -0.2) is 35.0 Å². The summed E-state index contributed by atoms with van der Waals surface area (Å²) in [5.41, 5.74) is 1.75. The van der Waals surface area contributed by atoms with E-state index in [-0.39, 0.29) is 36.6 Å². The van der Waals surface area contributed by atoms with E-state index in [2.05, 4.69) is 21.2 Å². The van der Waals surface area contributed by atoms with Crippen molar-refractivity contribution in [1.29, 1.82) is 0 Å². The number of hydrogen-bond donors (Lipinski definition) is 1. The predicted octanol–water partition coefficient (Wildman–Crippen LogP) is 3.84. The highest BCUT2D eigenvalue weighted by Gasteiger charge is 2.34. The number of hydrogen-bond acceptors (Lipinski definition) is 4.